The van der Waals surface area contributed by atoms with Gasteiger partial charge in [-0.2, -0.15) is 9.97 Å². The second-order valence-corrected chi connectivity index (χ2v) is 10.0. The van der Waals surface area contributed by atoms with Crippen LogP contribution in [-0.4, -0.2) is 89.3 Å². The Labute approximate surface area is 230 Å². The Morgan fingerprint density at radius 2 is 1.90 bits per heavy atom. The van der Waals surface area contributed by atoms with Crippen molar-refractivity contribution in [1.29, 1.82) is 0 Å². The molecule has 0 spiro atoms. The molecule has 13 heteroatoms. The van der Waals surface area contributed by atoms with Crippen LogP contribution in [0.3, 0.4) is 0 Å². The Balaban J connectivity index is 1.36. The number of nitrogens with one attached hydrogen (secondary N) is 1. The van der Waals surface area contributed by atoms with Gasteiger partial charge in [-0.3, -0.25) is 9.36 Å². The maximum Gasteiger partial charge on any atom is 0.296 e. The summed E-state index contributed by atoms with van der Waals surface area (Å²) >= 11 is 0. The topological polar surface area (TPSA) is 124 Å². The molecule has 2 fully saturated rings. The number of rotatable bonds is 10. The predicted molar refractivity (Wildman–Crippen MR) is 142 cm³/mol. The van der Waals surface area contributed by atoms with Gasteiger partial charge in [0.2, 0.25) is 17.7 Å². The molecule has 3 heterocycles. The van der Waals surface area contributed by atoms with Crippen LogP contribution in [0.4, 0.5) is 14.7 Å². The summed E-state index contributed by atoms with van der Waals surface area (Å²) in [6, 6.07) is 8.50. The molecule has 1 saturated carbocycles. The first-order valence-electron chi connectivity index (χ1n) is 13.5. The minimum Gasteiger partial charge on any atom is -0.474 e. The fourth-order valence-electron chi connectivity index (χ4n) is 5.14. The molecule has 0 bridgehead atoms. The van der Waals surface area contributed by atoms with Crippen molar-refractivity contribution in [3.8, 4) is 11.7 Å². The number of aromatic nitrogens is 4. The zero-order valence-corrected chi connectivity index (χ0v) is 22.3. The molecule has 1 aromatic carbocycles. The van der Waals surface area contributed by atoms with Crippen LogP contribution in [0.1, 0.15) is 37.9 Å². The van der Waals surface area contributed by atoms with E-state index in [4.69, 9.17) is 14.2 Å². The SMILES string of the molecule is COCC(O)CNC(=O)C1CCC(Oc2cc(-n3c(C(F)F)nc4ccccc43)nc(N3CCOCC3)n2)CC1. The fourth-order valence-corrected chi connectivity index (χ4v) is 5.14. The number of fused-ring (bicyclic) bond motifs is 1. The molecule has 3 aromatic rings. The van der Waals surface area contributed by atoms with E-state index in [0.717, 1.165) is 0 Å². The number of imidazole rings is 1. The number of amides is 1. The number of carbonyl (C=O) groups excluding carboxylic acids is 1. The molecule has 0 radical (unpaired) electrons. The van der Waals surface area contributed by atoms with Gasteiger partial charge in [-0.1, -0.05) is 12.1 Å². The van der Waals surface area contributed by atoms with E-state index in [-0.39, 0.29) is 42.8 Å². The zero-order chi connectivity index (χ0) is 28.1. The number of benzene rings is 1. The number of alkyl halides is 2. The highest BCUT2D eigenvalue weighted by atomic mass is 19.3. The molecule has 2 aliphatic rings. The highest BCUT2D eigenvalue weighted by Crippen LogP contribution is 2.32. The van der Waals surface area contributed by atoms with Crippen LogP contribution in [0.25, 0.3) is 16.9 Å². The largest absolute Gasteiger partial charge is 0.474 e. The van der Waals surface area contributed by atoms with Crippen molar-refractivity contribution in [2.45, 2.75) is 44.3 Å². The number of halogens is 2. The van der Waals surface area contributed by atoms with Gasteiger partial charge in [0.15, 0.2) is 5.82 Å². The summed E-state index contributed by atoms with van der Waals surface area (Å²) in [5.74, 6) is 0.222. The fraction of sp³-hybridized carbons (Fsp3) is 0.556. The van der Waals surface area contributed by atoms with E-state index in [1.807, 2.05) is 4.90 Å². The molecule has 2 aromatic heterocycles. The van der Waals surface area contributed by atoms with E-state index in [2.05, 4.69) is 20.3 Å². The van der Waals surface area contributed by atoms with Crippen LogP contribution >= 0.6 is 0 Å². The second-order valence-electron chi connectivity index (χ2n) is 10.0. The van der Waals surface area contributed by atoms with Crippen molar-refractivity contribution in [1.82, 2.24) is 24.8 Å². The van der Waals surface area contributed by atoms with Gasteiger partial charge in [0.25, 0.3) is 6.43 Å². The van der Waals surface area contributed by atoms with Crippen LogP contribution in [0.2, 0.25) is 0 Å². The third-order valence-electron chi connectivity index (χ3n) is 7.19. The molecule has 1 aliphatic carbocycles. The summed E-state index contributed by atoms with van der Waals surface area (Å²) < 4.78 is 46.2. The van der Waals surface area contributed by atoms with Crippen LogP contribution in [0.5, 0.6) is 5.88 Å². The Kier molecular flexibility index (Phi) is 9.02. The first-order chi connectivity index (χ1) is 19.4. The Morgan fingerprint density at radius 1 is 1.15 bits per heavy atom. The summed E-state index contributed by atoms with van der Waals surface area (Å²) in [4.78, 5) is 27.9. The van der Waals surface area contributed by atoms with Gasteiger partial charge >= 0.3 is 0 Å². The minimum atomic E-state index is -2.81. The van der Waals surface area contributed by atoms with Crippen LogP contribution < -0.4 is 15.0 Å². The maximum absolute atomic E-state index is 14.1. The number of anilines is 1. The van der Waals surface area contributed by atoms with E-state index in [9.17, 15) is 18.7 Å². The molecule has 1 unspecified atom stereocenters. The van der Waals surface area contributed by atoms with E-state index in [0.29, 0.717) is 69.0 Å². The molecule has 40 heavy (non-hydrogen) atoms. The van der Waals surface area contributed by atoms with Crippen molar-refractivity contribution in [3.05, 3.63) is 36.2 Å². The third kappa shape index (κ3) is 6.48. The summed E-state index contributed by atoms with van der Waals surface area (Å²) in [5.41, 5.74) is 0.954. The molecule has 1 saturated heterocycles. The molecule has 1 aliphatic heterocycles. The first-order valence-corrected chi connectivity index (χ1v) is 13.5. The summed E-state index contributed by atoms with van der Waals surface area (Å²) in [6.07, 6.45) is -1.27. The Hall–Kier alpha value is -3.42. The average Bonchev–Trinajstić information content (AvgIpc) is 3.37. The standard InChI is InChI=1S/C27H34F2N6O5/c1-38-16-18(36)15-30-26(37)17-6-8-19(9-7-17)40-23-14-22(32-27(33-23)34-10-12-39-13-11-34)35-21-5-3-2-4-20(21)31-25(35)24(28)29/h2-5,14,17-19,24,36H,6-13,15-16H2,1H3,(H,30,37). The minimum absolute atomic E-state index is 0.0981. The van der Waals surface area contributed by atoms with E-state index in [1.165, 1.54) is 11.7 Å². The Bertz CT molecular complexity index is 1290. The van der Waals surface area contributed by atoms with Crippen LogP contribution in [0, 0.1) is 5.92 Å². The highest BCUT2D eigenvalue weighted by Gasteiger charge is 2.29. The molecule has 11 nitrogen and oxygen atoms in total. The maximum atomic E-state index is 14.1. The molecular formula is C27H34F2N6O5. The number of morpholine rings is 1. The number of ether oxygens (including phenoxy) is 3. The van der Waals surface area contributed by atoms with Gasteiger partial charge in [0.05, 0.1) is 37.0 Å². The number of aliphatic hydroxyl groups excluding tert-OH is 1. The van der Waals surface area contributed by atoms with E-state index in [1.54, 1.807) is 30.3 Å². The number of nitrogens with zero attached hydrogens (tertiary/aromatic N) is 5. The number of hydrogen-bond acceptors (Lipinski definition) is 9. The van der Waals surface area contributed by atoms with E-state index < -0.39 is 18.4 Å². The normalized spacial score (nSPS) is 20.6. The molecule has 1 amide bonds. The second kappa shape index (κ2) is 12.8. The van der Waals surface area contributed by atoms with Gasteiger partial charge in [0, 0.05) is 38.7 Å². The lowest BCUT2D eigenvalue weighted by Gasteiger charge is -2.30. The zero-order valence-electron chi connectivity index (χ0n) is 22.3. The summed E-state index contributed by atoms with van der Waals surface area (Å²) in [5, 5.41) is 12.6. The van der Waals surface area contributed by atoms with Gasteiger partial charge < -0.3 is 29.5 Å². The number of aliphatic hydroxyl groups is 1. The predicted octanol–water partition coefficient (Wildman–Crippen LogP) is 2.65. The first kappa shape index (κ1) is 28.1. The smallest absolute Gasteiger partial charge is 0.296 e. The Morgan fingerprint density at radius 3 is 2.62 bits per heavy atom. The number of methoxy groups -OCH3 is 1. The van der Waals surface area contributed by atoms with Crippen molar-refractivity contribution >= 4 is 22.9 Å². The van der Waals surface area contributed by atoms with Crippen molar-refractivity contribution < 1.29 is 32.9 Å². The molecule has 2 N–H and O–H groups in total. The van der Waals surface area contributed by atoms with Gasteiger partial charge in [0.1, 0.15) is 11.9 Å². The van der Waals surface area contributed by atoms with E-state index >= 15 is 0 Å². The average molecular weight is 561 g/mol. The lowest BCUT2D eigenvalue weighted by atomic mass is 9.86. The van der Waals surface area contributed by atoms with Crippen LogP contribution in [-0.2, 0) is 14.3 Å². The summed E-state index contributed by atoms with van der Waals surface area (Å²) in [7, 11) is 1.49. The van der Waals surface area contributed by atoms with Crippen molar-refractivity contribution in [2.24, 2.45) is 5.92 Å². The quantitative estimate of drug-likeness (QED) is 0.385. The van der Waals surface area contributed by atoms with Crippen molar-refractivity contribution in [2.75, 3.05) is 51.5 Å². The van der Waals surface area contributed by atoms with Gasteiger partial charge in [-0.05, 0) is 37.8 Å². The monoisotopic (exact) mass is 560 g/mol. The van der Waals surface area contributed by atoms with Gasteiger partial charge in [-0.15, -0.1) is 0 Å². The molecule has 5 rings (SSSR count). The molecule has 1 atom stereocenters. The number of carbonyl (C=O) groups is 1. The van der Waals surface area contributed by atoms with Crippen LogP contribution in [0.15, 0.2) is 30.3 Å². The summed E-state index contributed by atoms with van der Waals surface area (Å²) in [6.45, 7) is 2.44. The molecule has 216 valence electrons. The highest BCUT2D eigenvalue weighted by molar-refractivity contribution is 5.79. The third-order valence-corrected chi connectivity index (χ3v) is 7.19. The lowest BCUT2D eigenvalue weighted by Crippen LogP contribution is -2.40. The van der Waals surface area contributed by atoms with Crippen molar-refractivity contribution in [3.63, 3.8) is 0 Å². The number of para-hydroxylation sites is 2. The molecular weight excluding hydrogens is 526 g/mol. The number of hydrogen-bond donors (Lipinski definition) is 2. The van der Waals surface area contributed by atoms with Gasteiger partial charge in [-0.25, -0.2) is 13.8 Å². The lowest BCUT2D eigenvalue weighted by molar-refractivity contribution is -0.127.